The van der Waals surface area contributed by atoms with Gasteiger partial charge in [0.2, 0.25) is 0 Å². The topological polar surface area (TPSA) is 112 Å². The molecular formula is C32H31N3O4. The number of benzene rings is 3. The number of carbonyl (C=O) groups is 2. The lowest BCUT2D eigenvalue weighted by molar-refractivity contribution is -0.136. The Morgan fingerprint density at radius 2 is 1.56 bits per heavy atom. The summed E-state index contributed by atoms with van der Waals surface area (Å²) in [5.41, 5.74) is 9.34. The van der Waals surface area contributed by atoms with Gasteiger partial charge >= 0.3 is 5.97 Å². The van der Waals surface area contributed by atoms with E-state index in [1.807, 2.05) is 62.4 Å². The van der Waals surface area contributed by atoms with Crippen LogP contribution in [0, 0.1) is 13.8 Å². The van der Waals surface area contributed by atoms with Crippen LogP contribution in [0.3, 0.4) is 0 Å². The van der Waals surface area contributed by atoms with Crippen molar-refractivity contribution < 1.29 is 19.9 Å². The van der Waals surface area contributed by atoms with Gasteiger partial charge in [0, 0.05) is 29.6 Å². The fourth-order valence-corrected chi connectivity index (χ4v) is 4.54. The lowest BCUT2D eigenvalue weighted by Crippen LogP contribution is -2.25. The van der Waals surface area contributed by atoms with E-state index >= 15 is 0 Å². The van der Waals surface area contributed by atoms with Crippen LogP contribution in [0.2, 0.25) is 0 Å². The molecule has 0 radical (unpaired) electrons. The van der Waals surface area contributed by atoms with Gasteiger partial charge in [0.15, 0.2) is 0 Å². The minimum Gasteiger partial charge on any atom is -0.481 e. The normalized spacial score (nSPS) is 11.3. The van der Waals surface area contributed by atoms with Crippen molar-refractivity contribution in [2.45, 2.75) is 33.1 Å². The summed E-state index contributed by atoms with van der Waals surface area (Å²) >= 11 is 0. The Labute approximate surface area is 227 Å². The number of carboxylic acid groups (broad SMARTS) is 1. The molecule has 0 aliphatic rings. The first-order chi connectivity index (χ1) is 18.9. The highest BCUT2D eigenvalue weighted by Gasteiger charge is 2.13. The fraction of sp³-hybridized carbons (Fsp3) is 0.188. The van der Waals surface area contributed by atoms with Crippen LogP contribution in [-0.2, 0) is 11.2 Å². The van der Waals surface area contributed by atoms with Crippen LogP contribution in [0.25, 0.3) is 22.3 Å². The second-order valence-corrected chi connectivity index (χ2v) is 9.38. The molecule has 1 heterocycles. The van der Waals surface area contributed by atoms with Crippen molar-refractivity contribution in [3.63, 3.8) is 0 Å². The van der Waals surface area contributed by atoms with Gasteiger partial charge < -0.3 is 15.6 Å². The van der Waals surface area contributed by atoms with Crippen molar-refractivity contribution in [1.82, 2.24) is 10.3 Å². The van der Waals surface area contributed by atoms with Crippen LogP contribution >= 0.6 is 0 Å². The Morgan fingerprint density at radius 3 is 2.21 bits per heavy atom. The molecule has 0 unspecified atom stereocenters. The molecule has 0 spiro atoms. The number of aromatic nitrogens is 1. The molecule has 0 saturated heterocycles. The summed E-state index contributed by atoms with van der Waals surface area (Å²) in [7, 11) is 0. The molecule has 1 amide bonds. The Hall–Kier alpha value is -4.78. The zero-order valence-electron chi connectivity index (χ0n) is 22.0. The molecule has 0 fully saturated rings. The van der Waals surface area contributed by atoms with Crippen LogP contribution in [0.15, 0.2) is 90.2 Å². The number of hydrogen-bond acceptors (Lipinski definition) is 5. The molecule has 0 saturated carbocycles. The molecule has 39 heavy (non-hydrogen) atoms. The molecule has 0 bridgehead atoms. The molecule has 0 atom stereocenters. The maximum Gasteiger partial charge on any atom is 0.305 e. The molecule has 3 N–H and O–H groups in total. The number of carbonyl (C=O) groups excluding carboxylic acids is 1. The number of hydrogen-bond donors (Lipinski definition) is 3. The minimum atomic E-state index is -0.950. The van der Waals surface area contributed by atoms with E-state index in [1.54, 1.807) is 18.3 Å². The number of aliphatic carboxylic acids is 1. The van der Waals surface area contributed by atoms with E-state index in [9.17, 15) is 14.8 Å². The first-order valence-corrected chi connectivity index (χ1v) is 12.8. The summed E-state index contributed by atoms with van der Waals surface area (Å²) in [5.74, 6) is -1.24. The number of aryl methyl sites for hydroxylation is 2. The molecule has 7 heteroatoms. The largest absolute Gasteiger partial charge is 0.481 e. The van der Waals surface area contributed by atoms with Crippen LogP contribution < -0.4 is 5.32 Å². The molecule has 0 aliphatic carbocycles. The second kappa shape index (κ2) is 12.6. The van der Waals surface area contributed by atoms with Crippen molar-refractivity contribution in [2.75, 3.05) is 6.54 Å². The first kappa shape index (κ1) is 27.3. The van der Waals surface area contributed by atoms with Crippen molar-refractivity contribution >= 4 is 17.6 Å². The SMILES string of the molecule is Cc1cc(-c2cccc(/C(CCc3ccc(-c4ccc(C(=O)NCCC(=O)O)cc4)cc3)=N\O)c2C)ccn1. The van der Waals surface area contributed by atoms with Gasteiger partial charge in [0.05, 0.1) is 12.1 Å². The maximum absolute atomic E-state index is 12.2. The molecule has 198 valence electrons. The van der Waals surface area contributed by atoms with Gasteiger partial charge in [-0.1, -0.05) is 59.8 Å². The summed E-state index contributed by atoms with van der Waals surface area (Å²) < 4.78 is 0. The maximum atomic E-state index is 12.2. The van der Waals surface area contributed by atoms with Crippen LogP contribution in [0.1, 0.15) is 45.6 Å². The summed E-state index contributed by atoms with van der Waals surface area (Å²) in [6.07, 6.45) is 2.99. The van der Waals surface area contributed by atoms with E-state index in [0.717, 1.165) is 44.6 Å². The third-order valence-electron chi connectivity index (χ3n) is 6.68. The molecule has 3 aromatic carbocycles. The predicted octanol–water partition coefficient (Wildman–Crippen LogP) is 6.05. The average Bonchev–Trinajstić information content (AvgIpc) is 2.94. The predicted molar refractivity (Wildman–Crippen MR) is 152 cm³/mol. The van der Waals surface area contributed by atoms with Gasteiger partial charge in [-0.15, -0.1) is 0 Å². The van der Waals surface area contributed by atoms with Crippen molar-refractivity contribution in [3.8, 4) is 22.3 Å². The summed E-state index contributed by atoms with van der Waals surface area (Å²) in [6, 6.07) is 25.5. The Kier molecular flexibility index (Phi) is 8.84. The first-order valence-electron chi connectivity index (χ1n) is 12.8. The van der Waals surface area contributed by atoms with Gasteiger partial charge in [-0.3, -0.25) is 14.6 Å². The van der Waals surface area contributed by atoms with E-state index in [2.05, 4.69) is 33.7 Å². The number of carboxylic acids is 1. The van der Waals surface area contributed by atoms with Gasteiger partial charge in [0.1, 0.15) is 0 Å². The standard InChI is InChI=1S/C32H31N3O4/c1-21-20-27(16-18-33-21)28-4-3-5-29(22(28)2)30(35-39)15-8-23-6-9-24(10-7-23)25-11-13-26(14-12-25)32(38)34-19-17-31(36)37/h3-7,9-14,16,18,20,39H,8,15,17,19H2,1-2H3,(H,34,38)(H,36,37)/b35-30-. The molecule has 4 aromatic rings. The Bertz CT molecular complexity index is 1490. The molecular weight excluding hydrogens is 490 g/mol. The zero-order chi connectivity index (χ0) is 27.8. The van der Waals surface area contributed by atoms with Crippen LogP contribution in [0.4, 0.5) is 0 Å². The molecule has 4 rings (SSSR count). The third kappa shape index (κ3) is 6.96. The molecule has 7 nitrogen and oxygen atoms in total. The van der Waals surface area contributed by atoms with E-state index < -0.39 is 5.97 Å². The number of oxime groups is 1. The van der Waals surface area contributed by atoms with Gasteiger partial charge in [-0.05, 0) is 84.3 Å². The zero-order valence-corrected chi connectivity index (χ0v) is 22.0. The third-order valence-corrected chi connectivity index (χ3v) is 6.68. The fourth-order valence-electron chi connectivity index (χ4n) is 4.54. The average molecular weight is 522 g/mol. The van der Waals surface area contributed by atoms with E-state index in [-0.39, 0.29) is 18.9 Å². The van der Waals surface area contributed by atoms with E-state index in [4.69, 9.17) is 5.11 Å². The molecule has 0 aliphatic heterocycles. The molecule has 1 aromatic heterocycles. The Balaban J connectivity index is 1.40. The Morgan fingerprint density at radius 1 is 0.872 bits per heavy atom. The van der Waals surface area contributed by atoms with Gasteiger partial charge in [-0.2, -0.15) is 0 Å². The minimum absolute atomic E-state index is 0.0928. The number of nitrogens with zero attached hydrogens (tertiary/aromatic N) is 2. The number of nitrogens with one attached hydrogen (secondary N) is 1. The lowest BCUT2D eigenvalue weighted by atomic mass is 9.92. The summed E-state index contributed by atoms with van der Waals surface area (Å²) in [5, 5.41) is 24.8. The van der Waals surface area contributed by atoms with Crippen molar-refractivity contribution in [2.24, 2.45) is 5.16 Å². The number of amides is 1. The number of pyridine rings is 1. The van der Waals surface area contributed by atoms with Crippen LogP contribution in [-0.4, -0.2) is 39.4 Å². The monoisotopic (exact) mass is 521 g/mol. The highest BCUT2D eigenvalue weighted by atomic mass is 16.4. The van der Waals surface area contributed by atoms with Crippen molar-refractivity contribution in [1.29, 1.82) is 0 Å². The van der Waals surface area contributed by atoms with E-state index in [0.29, 0.717) is 24.1 Å². The van der Waals surface area contributed by atoms with E-state index in [1.165, 1.54) is 0 Å². The number of rotatable bonds is 10. The second-order valence-electron chi connectivity index (χ2n) is 9.38. The highest BCUT2D eigenvalue weighted by molar-refractivity contribution is 6.03. The summed E-state index contributed by atoms with van der Waals surface area (Å²) in [6.45, 7) is 4.11. The summed E-state index contributed by atoms with van der Waals surface area (Å²) in [4.78, 5) is 27.1. The van der Waals surface area contributed by atoms with Gasteiger partial charge in [-0.25, -0.2) is 0 Å². The lowest BCUT2D eigenvalue weighted by Gasteiger charge is -2.13. The van der Waals surface area contributed by atoms with Crippen molar-refractivity contribution in [3.05, 3.63) is 113 Å². The highest BCUT2D eigenvalue weighted by Crippen LogP contribution is 2.27. The van der Waals surface area contributed by atoms with Gasteiger partial charge in [0.25, 0.3) is 5.91 Å². The quantitative estimate of drug-likeness (QED) is 0.134. The smallest absolute Gasteiger partial charge is 0.305 e. The van der Waals surface area contributed by atoms with Crippen LogP contribution in [0.5, 0.6) is 0 Å².